The number of hydrogen-bond donors (Lipinski definition) is 1. The van der Waals surface area contributed by atoms with Gasteiger partial charge in [0.05, 0.1) is 6.26 Å². The summed E-state index contributed by atoms with van der Waals surface area (Å²) in [6.45, 7) is 5.23. The molecule has 0 amide bonds. The largest absolute Gasteiger partial charge is 0.467 e. The second-order valence-electron chi connectivity index (χ2n) is 5.75. The third kappa shape index (κ3) is 2.34. The first kappa shape index (κ1) is 13.3. The minimum absolute atomic E-state index is 0.0217. The minimum atomic E-state index is 0.0217. The van der Waals surface area contributed by atoms with Crippen LogP contribution in [0.1, 0.15) is 36.3 Å². The summed E-state index contributed by atoms with van der Waals surface area (Å²) in [5.41, 5.74) is 10.3. The van der Waals surface area contributed by atoms with Gasteiger partial charge < -0.3 is 15.1 Å². The highest BCUT2D eigenvalue weighted by Gasteiger charge is 2.29. The second-order valence-corrected chi connectivity index (χ2v) is 5.75. The van der Waals surface area contributed by atoms with Crippen molar-refractivity contribution in [1.29, 1.82) is 0 Å². The fourth-order valence-corrected chi connectivity index (χ4v) is 3.20. The standard InChI is InChI=1S/C17H22N2O/c1-12-7-8-15-14(11-12)5-3-9-19(15)17(13(2)18)16-6-4-10-20-16/h4,6-8,10-11,13,17H,3,5,9,18H2,1-2H3. The van der Waals surface area contributed by atoms with Crippen LogP contribution in [0.2, 0.25) is 0 Å². The Labute approximate surface area is 120 Å². The lowest BCUT2D eigenvalue weighted by atomic mass is 9.95. The molecule has 2 aromatic rings. The van der Waals surface area contributed by atoms with E-state index in [1.165, 1.54) is 23.2 Å². The molecule has 1 aromatic carbocycles. The Bertz CT molecular complexity index is 575. The first-order valence-electron chi connectivity index (χ1n) is 7.32. The van der Waals surface area contributed by atoms with Crippen molar-refractivity contribution in [1.82, 2.24) is 0 Å². The van der Waals surface area contributed by atoms with Gasteiger partial charge in [0, 0.05) is 18.3 Å². The monoisotopic (exact) mass is 270 g/mol. The van der Waals surface area contributed by atoms with Crippen LogP contribution < -0.4 is 10.6 Å². The van der Waals surface area contributed by atoms with Gasteiger partial charge in [0.15, 0.2) is 0 Å². The van der Waals surface area contributed by atoms with Gasteiger partial charge in [-0.1, -0.05) is 17.7 Å². The third-order valence-electron chi connectivity index (χ3n) is 4.06. The summed E-state index contributed by atoms with van der Waals surface area (Å²) in [5.74, 6) is 0.952. The Morgan fingerprint density at radius 2 is 2.15 bits per heavy atom. The molecule has 0 radical (unpaired) electrons. The zero-order valence-corrected chi connectivity index (χ0v) is 12.2. The summed E-state index contributed by atoms with van der Waals surface area (Å²) in [6.07, 6.45) is 4.04. The lowest BCUT2D eigenvalue weighted by molar-refractivity contribution is 0.407. The smallest absolute Gasteiger partial charge is 0.127 e. The third-order valence-corrected chi connectivity index (χ3v) is 4.06. The molecule has 2 atom stereocenters. The number of aryl methyl sites for hydroxylation is 2. The zero-order chi connectivity index (χ0) is 14.1. The molecule has 2 unspecified atom stereocenters. The van der Waals surface area contributed by atoms with E-state index in [-0.39, 0.29) is 12.1 Å². The Kier molecular flexibility index (Phi) is 3.53. The molecule has 20 heavy (non-hydrogen) atoms. The highest BCUT2D eigenvalue weighted by Crippen LogP contribution is 2.36. The van der Waals surface area contributed by atoms with E-state index in [0.717, 1.165) is 18.7 Å². The zero-order valence-electron chi connectivity index (χ0n) is 12.2. The molecule has 0 spiro atoms. The quantitative estimate of drug-likeness (QED) is 0.929. The van der Waals surface area contributed by atoms with Crippen molar-refractivity contribution >= 4 is 5.69 Å². The van der Waals surface area contributed by atoms with Crippen LogP contribution in [0.5, 0.6) is 0 Å². The molecule has 3 rings (SSSR count). The molecule has 2 heterocycles. The number of rotatable bonds is 3. The molecule has 0 saturated heterocycles. The molecule has 0 fully saturated rings. The highest BCUT2D eigenvalue weighted by molar-refractivity contribution is 5.58. The Balaban J connectivity index is 2.02. The predicted octanol–water partition coefficient (Wildman–Crippen LogP) is 3.43. The Hall–Kier alpha value is -1.74. The van der Waals surface area contributed by atoms with Crippen LogP contribution in [0.15, 0.2) is 41.0 Å². The molecule has 1 aromatic heterocycles. The van der Waals surface area contributed by atoms with Crippen molar-refractivity contribution in [3.8, 4) is 0 Å². The van der Waals surface area contributed by atoms with Gasteiger partial charge in [-0.05, 0) is 50.5 Å². The van der Waals surface area contributed by atoms with Crippen LogP contribution in [0.25, 0.3) is 0 Å². The van der Waals surface area contributed by atoms with E-state index in [4.69, 9.17) is 10.2 Å². The molecule has 0 aliphatic carbocycles. The first-order valence-corrected chi connectivity index (χ1v) is 7.32. The van der Waals surface area contributed by atoms with Gasteiger partial charge in [0.2, 0.25) is 0 Å². The van der Waals surface area contributed by atoms with Gasteiger partial charge in [-0.3, -0.25) is 0 Å². The second kappa shape index (κ2) is 5.33. The van der Waals surface area contributed by atoms with E-state index in [1.54, 1.807) is 6.26 Å². The molecule has 3 nitrogen and oxygen atoms in total. The fraction of sp³-hybridized carbons (Fsp3) is 0.412. The predicted molar refractivity (Wildman–Crippen MR) is 81.9 cm³/mol. The lowest BCUT2D eigenvalue weighted by Crippen LogP contribution is -2.42. The molecular formula is C17H22N2O. The number of benzene rings is 1. The van der Waals surface area contributed by atoms with E-state index >= 15 is 0 Å². The van der Waals surface area contributed by atoms with Crippen molar-refractivity contribution in [2.45, 2.75) is 38.8 Å². The van der Waals surface area contributed by atoms with Gasteiger partial charge >= 0.3 is 0 Å². The van der Waals surface area contributed by atoms with Crippen molar-refractivity contribution in [2.24, 2.45) is 5.73 Å². The maximum atomic E-state index is 6.24. The maximum absolute atomic E-state index is 6.24. The SMILES string of the molecule is Cc1ccc2c(c1)CCCN2C(c1ccco1)C(C)N. The van der Waals surface area contributed by atoms with Crippen LogP contribution in [-0.2, 0) is 6.42 Å². The Morgan fingerprint density at radius 1 is 1.30 bits per heavy atom. The molecule has 0 bridgehead atoms. The van der Waals surface area contributed by atoms with E-state index < -0.39 is 0 Å². The summed E-state index contributed by atoms with van der Waals surface area (Å²) in [7, 11) is 0. The number of nitrogens with zero attached hydrogens (tertiary/aromatic N) is 1. The minimum Gasteiger partial charge on any atom is -0.467 e. The van der Waals surface area contributed by atoms with Crippen LogP contribution >= 0.6 is 0 Å². The van der Waals surface area contributed by atoms with Crippen molar-refractivity contribution < 1.29 is 4.42 Å². The molecule has 1 aliphatic heterocycles. The van der Waals surface area contributed by atoms with Gasteiger partial charge in [-0.25, -0.2) is 0 Å². The maximum Gasteiger partial charge on any atom is 0.127 e. The number of furan rings is 1. The Morgan fingerprint density at radius 3 is 2.85 bits per heavy atom. The lowest BCUT2D eigenvalue weighted by Gasteiger charge is -2.39. The van der Waals surface area contributed by atoms with Crippen molar-refractivity contribution in [3.05, 3.63) is 53.5 Å². The van der Waals surface area contributed by atoms with Crippen LogP contribution in [-0.4, -0.2) is 12.6 Å². The summed E-state index contributed by atoms with van der Waals surface area (Å²) in [5, 5.41) is 0. The molecule has 2 N–H and O–H groups in total. The van der Waals surface area contributed by atoms with Gasteiger partial charge in [0.1, 0.15) is 11.8 Å². The number of fused-ring (bicyclic) bond motifs is 1. The van der Waals surface area contributed by atoms with Crippen molar-refractivity contribution in [2.75, 3.05) is 11.4 Å². The van der Waals surface area contributed by atoms with E-state index in [1.807, 2.05) is 12.1 Å². The van der Waals surface area contributed by atoms with Gasteiger partial charge in [-0.15, -0.1) is 0 Å². The number of hydrogen-bond acceptors (Lipinski definition) is 3. The van der Waals surface area contributed by atoms with Gasteiger partial charge in [-0.2, -0.15) is 0 Å². The molecule has 106 valence electrons. The average Bonchev–Trinajstić information content (AvgIpc) is 2.92. The molecule has 3 heteroatoms. The summed E-state index contributed by atoms with van der Waals surface area (Å²) in [4.78, 5) is 2.40. The van der Waals surface area contributed by atoms with E-state index in [9.17, 15) is 0 Å². The normalized spacial score (nSPS) is 17.6. The molecule has 0 saturated carbocycles. The van der Waals surface area contributed by atoms with E-state index in [0.29, 0.717) is 0 Å². The van der Waals surface area contributed by atoms with Gasteiger partial charge in [0.25, 0.3) is 0 Å². The van der Waals surface area contributed by atoms with Crippen LogP contribution in [0.4, 0.5) is 5.69 Å². The topological polar surface area (TPSA) is 42.4 Å². The highest BCUT2D eigenvalue weighted by atomic mass is 16.3. The summed E-state index contributed by atoms with van der Waals surface area (Å²) in [6, 6.07) is 10.8. The van der Waals surface area contributed by atoms with Crippen molar-refractivity contribution in [3.63, 3.8) is 0 Å². The van der Waals surface area contributed by atoms with Crippen LogP contribution in [0, 0.1) is 6.92 Å². The fourth-order valence-electron chi connectivity index (χ4n) is 3.20. The number of nitrogens with two attached hydrogens (primary N) is 1. The van der Waals surface area contributed by atoms with E-state index in [2.05, 4.69) is 36.9 Å². The molecule has 1 aliphatic rings. The summed E-state index contributed by atoms with van der Waals surface area (Å²) >= 11 is 0. The molecular weight excluding hydrogens is 248 g/mol. The van der Waals surface area contributed by atoms with Crippen LogP contribution in [0.3, 0.4) is 0 Å². The first-order chi connectivity index (χ1) is 9.66. The average molecular weight is 270 g/mol. The number of anilines is 1. The summed E-state index contributed by atoms with van der Waals surface area (Å²) < 4.78 is 5.63.